The third kappa shape index (κ3) is 2.79. The number of alkyl halides is 3. The van der Waals surface area contributed by atoms with Gasteiger partial charge in [-0.1, -0.05) is 0 Å². The van der Waals surface area contributed by atoms with Crippen LogP contribution in [-0.2, 0) is 19.1 Å². The second kappa shape index (κ2) is 5.40. The first-order valence-electron chi connectivity index (χ1n) is 6.69. The van der Waals surface area contributed by atoms with Crippen LogP contribution in [0.4, 0.5) is 13.2 Å². The van der Waals surface area contributed by atoms with Crippen molar-refractivity contribution in [3.63, 3.8) is 0 Å². The predicted molar refractivity (Wildman–Crippen MR) is 71.9 cm³/mol. The number of nitrogens with zero attached hydrogens (tertiary/aromatic N) is 3. The van der Waals surface area contributed by atoms with Gasteiger partial charge in [-0.15, -0.1) is 0 Å². The number of carbonyl (C=O) groups excluding carboxylic acids is 1. The minimum atomic E-state index is -4.40. The lowest BCUT2D eigenvalue weighted by atomic mass is 10.1. The lowest BCUT2D eigenvalue weighted by molar-refractivity contribution is -0.137. The van der Waals surface area contributed by atoms with Crippen LogP contribution in [0.1, 0.15) is 27.2 Å². The van der Waals surface area contributed by atoms with Crippen molar-refractivity contribution in [2.75, 3.05) is 6.54 Å². The molecule has 114 valence electrons. The van der Waals surface area contributed by atoms with Crippen molar-refractivity contribution in [3.05, 3.63) is 59.2 Å². The number of halogens is 3. The fourth-order valence-electron chi connectivity index (χ4n) is 2.42. The molecule has 2 aromatic rings. The van der Waals surface area contributed by atoms with Crippen molar-refractivity contribution in [2.45, 2.75) is 19.1 Å². The summed E-state index contributed by atoms with van der Waals surface area (Å²) in [7, 11) is 0. The lowest BCUT2D eigenvalue weighted by Gasteiger charge is -2.28. The zero-order valence-electron chi connectivity index (χ0n) is 11.5. The lowest BCUT2D eigenvalue weighted by Crippen LogP contribution is -2.36. The summed E-state index contributed by atoms with van der Waals surface area (Å²) < 4.78 is 37.6. The van der Waals surface area contributed by atoms with Crippen LogP contribution < -0.4 is 0 Å². The zero-order valence-corrected chi connectivity index (χ0v) is 11.5. The molecule has 22 heavy (non-hydrogen) atoms. The van der Waals surface area contributed by atoms with Gasteiger partial charge >= 0.3 is 6.18 Å². The fourth-order valence-corrected chi connectivity index (χ4v) is 2.42. The van der Waals surface area contributed by atoms with Gasteiger partial charge in [-0.05, 0) is 24.3 Å². The van der Waals surface area contributed by atoms with Crippen LogP contribution in [0, 0.1) is 0 Å². The van der Waals surface area contributed by atoms with E-state index in [0.29, 0.717) is 19.5 Å². The Labute approximate surface area is 124 Å². The van der Waals surface area contributed by atoms with Gasteiger partial charge in [0.15, 0.2) is 0 Å². The summed E-state index contributed by atoms with van der Waals surface area (Å²) >= 11 is 0. The first-order chi connectivity index (χ1) is 10.4. The Morgan fingerprint density at radius 1 is 1.18 bits per heavy atom. The molecule has 1 aromatic carbocycles. The maximum absolute atomic E-state index is 12.5. The topological polar surface area (TPSA) is 46.1 Å². The molecule has 3 rings (SSSR count). The van der Waals surface area contributed by atoms with Crippen molar-refractivity contribution in [1.29, 1.82) is 0 Å². The number of rotatable bonds is 1. The van der Waals surface area contributed by atoms with Crippen molar-refractivity contribution < 1.29 is 18.0 Å². The molecular formula is C15H12F3N3O. The van der Waals surface area contributed by atoms with Gasteiger partial charge in [0.25, 0.3) is 5.91 Å². The van der Waals surface area contributed by atoms with E-state index in [4.69, 9.17) is 0 Å². The maximum Gasteiger partial charge on any atom is 0.416 e. The van der Waals surface area contributed by atoms with Gasteiger partial charge in [-0.25, -0.2) is 9.97 Å². The molecule has 0 atom stereocenters. The molecule has 0 radical (unpaired) electrons. The average molecular weight is 307 g/mol. The van der Waals surface area contributed by atoms with Gasteiger partial charge in [-0.2, -0.15) is 13.2 Å². The standard InChI is InChI=1S/C15H12F3N3O/c16-15(17,18)12-3-1-10(2-4-12)14(22)21-6-5-13-11(8-21)7-19-9-20-13/h1-4,7,9H,5-6,8H2. The van der Waals surface area contributed by atoms with E-state index < -0.39 is 11.7 Å². The van der Waals surface area contributed by atoms with Crippen molar-refractivity contribution >= 4 is 5.91 Å². The molecule has 7 heteroatoms. The number of fused-ring (bicyclic) bond motifs is 1. The van der Waals surface area contributed by atoms with Crippen LogP contribution in [0.15, 0.2) is 36.8 Å². The SMILES string of the molecule is O=C(c1ccc(C(F)(F)F)cc1)N1CCc2ncncc2C1. The molecular weight excluding hydrogens is 295 g/mol. The van der Waals surface area contributed by atoms with Crippen molar-refractivity contribution in [1.82, 2.24) is 14.9 Å². The molecule has 0 unspecified atom stereocenters. The van der Waals surface area contributed by atoms with E-state index in [-0.39, 0.29) is 11.5 Å². The predicted octanol–water partition coefficient (Wildman–Crippen LogP) is 2.69. The summed E-state index contributed by atoms with van der Waals surface area (Å²) in [5.74, 6) is -0.289. The maximum atomic E-state index is 12.5. The summed E-state index contributed by atoms with van der Waals surface area (Å²) in [4.78, 5) is 22.0. The highest BCUT2D eigenvalue weighted by atomic mass is 19.4. The molecule has 2 heterocycles. The van der Waals surface area contributed by atoms with E-state index in [1.165, 1.54) is 18.5 Å². The van der Waals surface area contributed by atoms with E-state index in [1.807, 2.05) is 0 Å². The largest absolute Gasteiger partial charge is 0.416 e. The van der Waals surface area contributed by atoms with Crippen LogP contribution in [0.25, 0.3) is 0 Å². The minimum absolute atomic E-state index is 0.244. The number of benzene rings is 1. The molecule has 1 amide bonds. The molecule has 4 nitrogen and oxygen atoms in total. The average Bonchev–Trinajstić information content (AvgIpc) is 2.53. The molecule has 0 saturated heterocycles. The molecule has 0 fully saturated rings. The summed E-state index contributed by atoms with van der Waals surface area (Å²) in [5, 5.41) is 0. The Bertz CT molecular complexity index is 698. The van der Waals surface area contributed by atoms with E-state index in [0.717, 1.165) is 23.4 Å². The van der Waals surface area contributed by atoms with Crippen LogP contribution in [0.3, 0.4) is 0 Å². The molecule has 0 saturated carbocycles. The monoisotopic (exact) mass is 307 g/mol. The molecule has 1 aliphatic rings. The highest BCUT2D eigenvalue weighted by Crippen LogP contribution is 2.29. The Morgan fingerprint density at radius 2 is 1.91 bits per heavy atom. The minimum Gasteiger partial charge on any atom is -0.334 e. The van der Waals surface area contributed by atoms with Crippen molar-refractivity contribution in [2.24, 2.45) is 0 Å². The fraction of sp³-hybridized carbons (Fsp3) is 0.267. The highest BCUT2D eigenvalue weighted by molar-refractivity contribution is 5.94. The molecule has 1 aromatic heterocycles. The van der Waals surface area contributed by atoms with E-state index >= 15 is 0 Å². The van der Waals surface area contributed by atoms with E-state index in [2.05, 4.69) is 9.97 Å². The van der Waals surface area contributed by atoms with E-state index in [9.17, 15) is 18.0 Å². The molecule has 0 spiro atoms. The molecule has 0 bridgehead atoms. The summed E-state index contributed by atoms with van der Waals surface area (Å²) in [5.41, 5.74) is 1.26. The second-order valence-corrected chi connectivity index (χ2v) is 5.05. The highest BCUT2D eigenvalue weighted by Gasteiger charge is 2.30. The van der Waals surface area contributed by atoms with Gasteiger partial charge in [0.1, 0.15) is 6.33 Å². The van der Waals surface area contributed by atoms with Crippen molar-refractivity contribution in [3.8, 4) is 0 Å². The van der Waals surface area contributed by atoms with Gasteiger partial charge in [0, 0.05) is 36.8 Å². The Kier molecular flexibility index (Phi) is 3.56. The third-order valence-corrected chi connectivity index (χ3v) is 3.61. The normalized spacial score (nSPS) is 14.6. The number of carbonyl (C=O) groups is 1. The molecule has 0 aliphatic carbocycles. The summed E-state index contributed by atoms with van der Waals surface area (Å²) in [6, 6.07) is 4.27. The second-order valence-electron chi connectivity index (χ2n) is 5.05. The van der Waals surface area contributed by atoms with Crippen LogP contribution in [0.5, 0.6) is 0 Å². The number of hydrogen-bond donors (Lipinski definition) is 0. The summed E-state index contributed by atoms with van der Waals surface area (Å²) in [6.07, 6.45) is -0.659. The quantitative estimate of drug-likeness (QED) is 0.814. The Hall–Kier alpha value is -2.44. The van der Waals surface area contributed by atoms with Gasteiger partial charge < -0.3 is 4.90 Å². The van der Waals surface area contributed by atoms with Gasteiger partial charge in [0.2, 0.25) is 0 Å². The number of hydrogen-bond acceptors (Lipinski definition) is 3. The Morgan fingerprint density at radius 3 is 2.59 bits per heavy atom. The van der Waals surface area contributed by atoms with Crippen LogP contribution >= 0.6 is 0 Å². The third-order valence-electron chi connectivity index (χ3n) is 3.61. The first kappa shape index (κ1) is 14.5. The molecule has 0 N–H and O–H groups in total. The van der Waals surface area contributed by atoms with Gasteiger partial charge in [-0.3, -0.25) is 4.79 Å². The smallest absolute Gasteiger partial charge is 0.334 e. The van der Waals surface area contributed by atoms with E-state index in [1.54, 1.807) is 11.1 Å². The van der Waals surface area contributed by atoms with Crippen LogP contribution in [0.2, 0.25) is 0 Å². The number of amides is 1. The summed E-state index contributed by atoms with van der Waals surface area (Å²) in [6.45, 7) is 0.861. The van der Waals surface area contributed by atoms with Gasteiger partial charge in [0.05, 0.1) is 11.3 Å². The Balaban J connectivity index is 1.78. The first-order valence-corrected chi connectivity index (χ1v) is 6.69. The van der Waals surface area contributed by atoms with Crippen LogP contribution in [-0.4, -0.2) is 27.3 Å². The number of aromatic nitrogens is 2. The zero-order chi connectivity index (χ0) is 15.7. The molecule has 1 aliphatic heterocycles.